The number of aromatic nitrogens is 2. The van der Waals surface area contributed by atoms with E-state index in [0.717, 1.165) is 14.9 Å². The van der Waals surface area contributed by atoms with Gasteiger partial charge in [0.25, 0.3) is 5.91 Å². The standard InChI is InChI=1S/C23H18BrN3O3S/c1-29-20-12-7-16(13-19(20)24)22(28)25-17-8-10-18(11-9-17)31-14-21-26-27-23(30-21)15-5-3-2-4-6-15/h2-13H,14H2,1H3,(H,25,28). The van der Waals surface area contributed by atoms with Gasteiger partial charge in [0.1, 0.15) is 5.75 Å². The number of benzene rings is 3. The van der Waals surface area contributed by atoms with Crippen molar-refractivity contribution in [2.24, 2.45) is 0 Å². The summed E-state index contributed by atoms with van der Waals surface area (Å²) in [6.07, 6.45) is 0. The highest BCUT2D eigenvalue weighted by molar-refractivity contribution is 9.10. The van der Waals surface area contributed by atoms with Gasteiger partial charge in [-0.25, -0.2) is 0 Å². The molecule has 0 aliphatic rings. The van der Waals surface area contributed by atoms with Crippen molar-refractivity contribution < 1.29 is 13.9 Å². The molecule has 4 aromatic rings. The van der Waals surface area contributed by atoms with Crippen molar-refractivity contribution in [3.8, 4) is 17.2 Å². The molecule has 31 heavy (non-hydrogen) atoms. The van der Waals surface area contributed by atoms with Crippen LogP contribution in [0.5, 0.6) is 5.75 Å². The van der Waals surface area contributed by atoms with Crippen molar-refractivity contribution in [2.45, 2.75) is 10.6 Å². The van der Waals surface area contributed by atoms with Gasteiger partial charge in [0.15, 0.2) is 0 Å². The maximum atomic E-state index is 12.5. The van der Waals surface area contributed by atoms with E-state index in [2.05, 4.69) is 31.4 Å². The second kappa shape index (κ2) is 9.80. The molecule has 156 valence electrons. The zero-order valence-corrected chi connectivity index (χ0v) is 18.9. The fraction of sp³-hybridized carbons (Fsp3) is 0.0870. The summed E-state index contributed by atoms with van der Waals surface area (Å²) in [5, 5.41) is 11.1. The van der Waals surface area contributed by atoms with Crippen LogP contribution in [0.15, 0.2) is 86.6 Å². The molecular weight excluding hydrogens is 478 g/mol. The Kier molecular flexibility index (Phi) is 6.69. The molecule has 0 aliphatic carbocycles. The van der Waals surface area contributed by atoms with Gasteiger partial charge in [-0.3, -0.25) is 4.79 Å². The largest absolute Gasteiger partial charge is 0.496 e. The van der Waals surface area contributed by atoms with Crippen LogP contribution >= 0.6 is 27.7 Å². The zero-order chi connectivity index (χ0) is 21.6. The quantitative estimate of drug-likeness (QED) is 0.314. The average molecular weight is 496 g/mol. The lowest BCUT2D eigenvalue weighted by atomic mass is 10.2. The molecule has 8 heteroatoms. The molecule has 1 aromatic heterocycles. The Morgan fingerprint density at radius 1 is 1.06 bits per heavy atom. The van der Waals surface area contributed by atoms with E-state index in [-0.39, 0.29) is 5.91 Å². The number of hydrogen-bond acceptors (Lipinski definition) is 6. The monoisotopic (exact) mass is 495 g/mol. The van der Waals surface area contributed by atoms with Crippen molar-refractivity contribution in [2.75, 3.05) is 12.4 Å². The Balaban J connectivity index is 1.34. The van der Waals surface area contributed by atoms with Gasteiger partial charge in [-0.2, -0.15) is 0 Å². The lowest BCUT2D eigenvalue weighted by molar-refractivity contribution is 0.102. The molecule has 0 spiro atoms. The molecule has 4 rings (SSSR count). The summed E-state index contributed by atoms with van der Waals surface area (Å²) in [6, 6.07) is 22.5. The number of ether oxygens (including phenoxy) is 1. The molecular formula is C23H18BrN3O3S. The highest BCUT2D eigenvalue weighted by atomic mass is 79.9. The van der Waals surface area contributed by atoms with Crippen LogP contribution in [-0.4, -0.2) is 23.2 Å². The van der Waals surface area contributed by atoms with Crippen LogP contribution in [0.2, 0.25) is 0 Å². The fourth-order valence-electron chi connectivity index (χ4n) is 2.80. The number of nitrogens with one attached hydrogen (secondary N) is 1. The van der Waals surface area contributed by atoms with Crippen molar-refractivity contribution in [1.29, 1.82) is 0 Å². The van der Waals surface area contributed by atoms with Crippen LogP contribution in [0.25, 0.3) is 11.5 Å². The van der Waals surface area contributed by atoms with Crippen LogP contribution in [0, 0.1) is 0 Å². The molecule has 0 atom stereocenters. The van der Waals surface area contributed by atoms with Crippen molar-refractivity contribution in [3.05, 3.63) is 88.7 Å². The smallest absolute Gasteiger partial charge is 0.255 e. The Bertz CT molecular complexity index is 1180. The minimum Gasteiger partial charge on any atom is -0.496 e. The van der Waals surface area contributed by atoms with Gasteiger partial charge < -0.3 is 14.5 Å². The fourth-order valence-corrected chi connectivity index (χ4v) is 4.08. The van der Waals surface area contributed by atoms with Crippen LogP contribution in [-0.2, 0) is 5.75 Å². The Labute approximate surface area is 192 Å². The number of carbonyl (C=O) groups is 1. The summed E-state index contributed by atoms with van der Waals surface area (Å²) in [5.41, 5.74) is 2.15. The maximum Gasteiger partial charge on any atom is 0.255 e. The number of rotatable bonds is 7. The zero-order valence-electron chi connectivity index (χ0n) is 16.5. The summed E-state index contributed by atoms with van der Waals surface area (Å²) in [5.74, 6) is 2.12. The second-order valence-electron chi connectivity index (χ2n) is 6.48. The first-order valence-corrected chi connectivity index (χ1v) is 11.2. The third-order valence-electron chi connectivity index (χ3n) is 4.38. The SMILES string of the molecule is COc1ccc(C(=O)Nc2ccc(SCc3nnc(-c4ccccc4)o3)cc2)cc1Br. The third kappa shape index (κ3) is 5.34. The molecule has 1 N–H and O–H groups in total. The molecule has 6 nitrogen and oxygen atoms in total. The van der Waals surface area contributed by atoms with E-state index < -0.39 is 0 Å². The van der Waals surface area contributed by atoms with Gasteiger partial charge in [0.05, 0.1) is 17.3 Å². The maximum absolute atomic E-state index is 12.5. The van der Waals surface area contributed by atoms with E-state index >= 15 is 0 Å². The summed E-state index contributed by atoms with van der Waals surface area (Å²) < 4.78 is 11.7. The summed E-state index contributed by atoms with van der Waals surface area (Å²) >= 11 is 4.98. The molecule has 3 aromatic carbocycles. The van der Waals surface area contributed by atoms with Gasteiger partial charge >= 0.3 is 0 Å². The molecule has 0 saturated heterocycles. The highest BCUT2D eigenvalue weighted by Gasteiger charge is 2.11. The minimum atomic E-state index is -0.192. The number of thioether (sulfide) groups is 1. The van der Waals surface area contributed by atoms with Gasteiger partial charge in [-0.15, -0.1) is 22.0 Å². The molecule has 0 radical (unpaired) electrons. The third-order valence-corrected chi connectivity index (χ3v) is 5.99. The number of halogens is 1. The van der Waals surface area contributed by atoms with E-state index in [1.165, 1.54) is 0 Å². The number of methoxy groups -OCH3 is 1. The van der Waals surface area contributed by atoms with Crippen LogP contribution in [0.4, 0.5) is 5.69 Å². The summed E-state index contributed by atoms with van der Waals surface area (Å²) in [6.45, 7) is 0. The molecule has 0 bridgehead atoms. The van der Waals surface area contributed by atoms with Crippen molar-refractivity contribution in [1.82, 2.24) is 10.2 Å². The number of carbonyl (C=O) groups excluding carboxylic acids is 1. The number of nitrogens with zero attached hydrogens (tertiary/aromatic N) is 2. The van der Waals surface area contributed by atoms with Gasteiger partial charge in [0, 0.05) is 21.7 Å². The normalized spacial score (nSPS) is 10.6. The van der Waals surface area contributed by atoms with E-state index in [4.69, 9.17) is 9.15 Å². The predicted octanol–water partition coefficient (Wildman–Crippen LogP) is 6.05. The Morgan fingerprint density at radius 2 is 1.84 bits per heavy atom. The van der Waals surface area contributed by atoms with E-state index in [1.807, 2.05) is 54.6 Å². The molecule has 0 aliphatic heterocycles. The Hall–Kier alpha value is -3.10. The molecule has 0 unspecified atom stereocenters. The van der Waals surface area contributed by atoms with Crippen LogP contribution in [0.3, 0.4) is 0 Å². The van der Waals surface area contributed by atoms with E-state index in [9.17, 15) is 4.79 Å². The Morgan fingerprint density at radius 3 is 2.55 bits per heavy atom. The first-order chi connectivity index (χ1) is 15.1. The highest BCUT2D eigenvalue weighted by Crippen LogP contribution is 2.27. The predicted molar refractivity (Wildman–Crippen MR) is 124 cm³/mol. The lowest BCUT2D eigenvalue weighted by Crippen LogP contribution is -2.11. The van der Waals surface area contributed by atoms with Gasteiger partial charge in [0.2, 0.25) is 11.8 Å². The molecule has 1 heterocycles. The van der Waals surface area contributed by atoms with Gasteiger partial charge in [-0.05, 0) is 70.5 Å². The first kappa shape index (κ1) is 21.1. The molecule has 1 amide bonds. The molecule has 0 fully saturated rings. The minimum absolute atomic E-state index is 0.192. The lowest BCUT2D eigenvalue weighted by Gasteiger charge is -2.08. The van der Waals surface area contributed by atoms with E-state index in [0.29, 0.717) is 34.5 Å². The van der Waals surface area contributed by atoms with Crippen molar-refractivity contribution >= 4 is 39.3 Å². The average Bonchev–Trinajstić information content (AvgIpc) is 3.28. The first-order valence-electron chi connectivity index (χ1n) is 9.38. The van der Waals surface area contributed by atoms with Gasteiger partial charge in [-0.1, -0.05) is 18.2 Å². The van der Waals surface area contributed by atoms with Crippen LogP contribution < -0.4 is 10.1 Å². The van der Waals surface area contributed by atoms with E-state index in [1.54, 1.807) is 37.1 Å². The second-order valence-corrected chi connectivity index (χ2v) is 8.39. The molecule has 0 saturated carbocycles. The van der Waals surface area contributed by atoms with Crippen molar-refractivity contribution in [3.63, 3.8) is 0 Å². The van der Waals surface area contributed by atoms with Crippen LogP contribution in [0.1, 0.15) is 16.2 Å². The number of amides is 1. The number of anilines is 1. The number of hydrogen-bond donors (Lipinski definition) is 1. The summed E-state index contributed by atoms with van der Waals surface area (Å²) in [7, 11) is 1.58. The summed E-state index contributed by atoms with van der Waals surface area (Å²) in [4.78, 5) is 13.5. The topological polar surface area (TPSA) is 77.2 Å².